The molecule has 4 atom stereocenters. The van der Waals surface area contributed by atoms with Gasteiger partial charge in [0.25, 0.3) is 0 Å². The Kier molecular flexibility index (Phi) is 22.1. The molecule has 2 amide bonds. The van der Waals surface area contributed by atoms with Gasteiger partial charge in [-0.2, -0.15) is 0 Å². The van der Waals surface area contributed by atoms with Crippen molar-refractivity contribution in [1.29, 1.82) is 0 Å². The molecule has 1 aromatic heterocycles. The summed E-state index contributed by atoms with van der Waals surface area (Å²) in [4.78, 5) is 65.7. The molecule has 0 bridgehead atoms. The van der Waals surface area contributed by atoms with Crippen LogP contribution in [0.2, 0.25) is 0 Å². The van der Waals surface area contributed by atoms with E-state index in [0.717, 1.165) is 62.5 Å². The normalized spacial score (nSPS) is 21.0. The van der Waals surface area contributed by atoms with Crippen LogP contribution < -0.4 is 10.6 Å². The number of rotatable bonds is 21. The summed E-state index contributed by atoms with van der Waals surface area (Å²) in [7, 11) is 0. The zero-order valence-corrected chi connectivity index (χ0v) is 48.6. The average molecular weight is 985 g/mol. The Hall–Kier alpha value is -4.21. The predicted octanol–water partition coefficient (Wildman–Crippen LogP) is 15.9. The molecule has 1 fully saturated rings. The molecule has 4 unspecified atom stereocenters. The van der Waals surface area contributed by atoms with Crippen molar-refractivity contribution in [3.05, 3.63) is 57.5 Å². The van der Waals surface area contributed by atoms with Crippen molar-refractivity contribution in [3.63, 3.8) is 0 Å². The molecule has 10 heteroatoms. The molecule has 3 rings (SSSR count). The van der Waals surface area contributed by atoms with E-state index in [1.807, 2.05) is 72.8 Å². The molecule has 1 aliphatic heterocycles. The Labute approximate surface area is 432 Å². The number of carbonyl (C=O) groups is 4. The summed E-state index contributed by atoms with van der Waals surface area (Å²) in [6.07, 6.45) is 16.8. The number of nitrogens with zero attached hydrogens (tertiary/aromatic N) is 1. The van der Waals surface area contributed by atoms with Crippen LogP contribution in [-0.2, 0) is 23.9 Å². The van der Waals surface area contributed by atoms with Gasteiger partial charge in [0.15, 0.2) is 0 Å². The van der Waals surface area contributed by atoms with Crippen LogP contribution in [0.25, 0.3) is 6.08 Å². The van der Waals surface area contributed by atoms with E-state index >= 15 is 4.79 Å². The highest BCUT2D eigenvalue weighted by molar-refractivity contribution is 6.25. The zero-order chi connectivity index (χ0) is 54.0. The molecular weight excluding hydrogens is 885 g/mol. The third kappa shape index (κ3) is 17.2. The van der Waals surface area contributed by atoms with Crippen molar-refractivity contribution in [2.45, 2.75) is 234 Å². The number of esters is 2. The second-order valence-electron chi connectivity index (χ2n) is 25.8. The molecule has 1 aromatic rings. The minimum absolute atomic E-state index is 0.0868. The molecule has 2 aliphatic rings. The number of aromatic nitrogens is 1. The third-order valence-electron chi connectivity index (χ3n) is 14.6. The number of anilines is 1. The van der Waals surface area contributed by atoms with Gasteiger partial charge in [-0.25, -0.2) is 14.6 Å². The molecule has 0 saturated heterocycles. The van der Waals surface area contributed by atoms with E-state index in [2.05, 4.69) is 113 Å². The summed E-state index contributed by atoms with van der Waals surface area (Å²) >= 11 is 0. The first-order valence-corrected chi connectivity index (χ1v) is 27.5. The molecule has 2 heterocycles. The number of aromatic amines is 1. The summed E-state index contributed by atoms with van der Waals surface area (Å²) in [5.41, 5.74) is 3.29. The fraction of sp³-hybridized carbons (Fsp3) is 0.721. The molecule has 400 valence electrons. The van der Waals surface area contributed by atoms with E-state index < -0.39 is 17.5 Å². The highest BCUT2D eigenvalue weighted by atomic mass is 16.6. The number of unbranched alkanes of at least 4 members (excludes halogenated alkanes) is 2. The van der Waals surface area contributed by atoms with Crippen LogP contribution in [0.4, 0.5) is 5.82 Å². The molecule has 10 nitrogen and oxygen atoms in total. The van der Waals surface area contributed by atoms with Crippen molar-refractivity contribution in [2.24, 2.45) is 56.7 Å². The van der Waals surface area contributed by atoms with E-state index in [9.17, 15) is 14.4 Å². The number of hydrogen-bond donors (Lipinski definition) is 3. The largest absolute Gasteiger partial charge is 0.458 e. The molecule has 0 spiro atoms. The Bertz CT molecular complexity index is 2130. The number of ether oxygens (including phenoxy) is 2. The number of aliphatic imine (C=N–C) groups is 1. The number of hydrogen-bond acceptors (Lipinski definition) is 7. The van der Waals surface area contributed by atoms with Crippen molar-refractivity contribution in [3.8, 4) is 0 Å². The van der Waals surface area contributed by atoms with Crippen LogP contribution in [0.1, 0.15) is 244 Å². The lowest BCUT2D eigenvalue weighted by Gasteiger charge is -2.50. The molecule has 3 N–H and O–H groups in total. The molecular formula is C61H100N4O6. The molecule has 71 heavy (non-hydrogen) atoms. The standard InChI is InChI=1S/C61H100N4O6/c1-22-26-28-41(24-3)54(66)64-52-49(56(68)70-51-43(59(14,15)16)34-40(10)35-44(51)60(17,18)19)47(37(5)6)45(62-52)32-30-39(9)31-33-46-48(38(7)8)50(57(69)71-61(20,21)36-58(11,12)13)53(63-46)65-55(67)42(25-4)29-27-23-2/h30-33,37-38,40-44,51,62H,22-29,34-36H2,1-21H3,(H,64,66)(H,63,65,67). The van der Waals surface area contributed by atoms with Crippen molar-refractivity contribution >= 4 is 41.5 Å². The first kappa shape index (κ1) is 61.1. The van der Waals surface area contributed by atoms with Gasteiger partial charge in [-0.1, -0.05) is 168 Å². The van der Waals surface area contributed by atoms with Crippen LogP contribution >= 0.6 is 0 Å². The van der Waals surface area contributed by atoms with Gasteiger partial charge >= 0.3 is 11.9 Å². The molecule has 1 aliphatic carbocycles. The van der Waals surface area contributed by atoms with Crippen molar-refractivity contribution in [2.75, 3.05) is 5.32 Å². The summed E-state index contributed by atoms with van der Waals surface area (Å²) in [6.45, 7) is 44.5. The number of amides is 2. The monoisotopic (exact) mass is 985 g/mol. The fourth-order valence-electron chi connectivity index (χ4n) is 11.1. The quantitative estimate of drug-likeness (QED) is 0.0828. The SMILES string of the molecule is CCCCC(CC)C(=O)NC1=NC(=CC=C(C)C=Cc2[nH]c(NC(=O)C(CC)CCCC)c(C(=O)OC3C(C(C)(C)C)CC(C)CC3C(C)(C)C)c2C(C)C)C(C(C)C)=C1C(=O)OC(C)(C)CC(C)(C)C. The second-order valence-corrected chi connectivity index (χ2v) is 25.8. The second kappa shape index (κ2) is 25.6. The van der Waals surface area contributed by atoms with Crippen LogP contribution in [0.3, 0.4) is 0 Å². The predicted molar refractivity (Wildman–Crippen MR) is 296 cm³/mol. The smallest absolute Gasteiger partial charge is 0.342 e. The van der Waals surface area contributed by atoms with Gasteiger partial charge in [0.2, 0.25) is 11.8 Å². The van der Waals surface area contributed by atoms with Gasteiger partial charge in [0, 0.05) is 29.4 Å². The maximum Gasteiger partial charge on any atom is 0.342 e. The van der Waals surface area contributed by atoms with E-state index in [4.69, 9.17) is 14.5 Å². The number of nitrogens with one attached hydrogen (secondary N) is 3. The third-order valence-corrected chi connectivity index (χ3v) is 14.6. The molecule has 1 saturated carbocycles. The van der Waals surface area contributed by atoms with E-state index in [1.165, 1.54) is 0 Å². The highest BCUT2D eigenvalue weighted by Gasteiger charge is 2.48. The summed E-state index contributed by atoms with van der Waals surface area (Å²) in [5, 5.41) is 6.27. The summed E-state index contributed by atoms with van der Waals surface area (Å²) < 4.78 is 13.1. The number of H-pyrrole nitrogens is 1. The Morgan fingerprint density at radius 2 is 1.28 bits per heavy atom. The van der Waals surface area contributed by atoms with Crippen LogP contribution in [0.15, 0.2) is 45.6 Å². The van der Waals surface area contributed by atoms with E-state index in [1.54, 1.807) is 0 Å². The first-order valence-electron chi connectivity index (χ1n) is 27.5. The van der Waals surface area contributed by atoms with Gasteiger partial charge < -0.3 is 25.1 Å². The Balaban J connectivity index is 2.23. The fourth-order valence-corrected chi connectivity index (χ4v) is 11.1. The van der Waals surface area contributed by atoms with E-state index in [0.29, 0.717) is 59.1 Å². The molecule has 0 aromatic carbocycles. The first-order chi connectivity index (χ1) is 32.8. The van der Waals surface area contributed by atoms with E-state index in [-0.39, 0.29) is 75.5 Å². The number of allylic oxidation sites excluding steroid dienone is 5. The van der Waals surface area contributed by atoms with Gasteiger partial charge in [-0.05, 0) is 123 Å². The maximum atomic E-state index is 15.1. The van der Waals surface area contributed by atoms with Crippen LogP contribution in [-0.4, -0.2) is 46.3 Å². The summed E-state index contributed by atoms with van der Waals surface area (Å²) in [6, 6.07) is 0. The number of amidine groups is 1. The highest BCUT2D eigenvalue weighted by Crippen LogP contribution is 2.50. The lowest BCUT2D eigenvalue weighted by Crippen LogP contribution is -2.49. The summed E-state index contributed by atoms with van der Waals surface area (Å²) in [5.74, 6) is -0.383. The average Bonchev–Trinajstić information content (AvgIpc) is 3.79. The lowest BCUT2D eigenvalue weighted by molar-refractivity contribution is -0.153. The maximum absolute atomic E-state index is 15.1. The molecule has 0 radical (unpaired) electrons. The Morgan fingerprint density at radius 1 is 0.761 bits per heavy atom. The minimum atomic E-state index is -0.767. The van der Waals surface area contributed by atoms with Crippen LogP contribution in [0.5, 0.6) is 0 Å². The van der Waals surface area contributed by atoms with Gasteiger partial charge in [-0.3, -0.25) is 9.59 Å². The Morgan fingerprint density at radius 3 is 1.73 bits per heavy atom. The van der Waals surface area contributed by atoms with Crippen molar-refractivity contribution < 1.29 is 28.7 Å². The topological polar surface area (TPSA) is 139 Å². The van der Waals surface area contributed by atoms with Crippen molar-refractivity contribution in [1.82, 2.24) is 10.3 Å². The lowest BCUT2D eigenvalue weighted by atomic mass is 9.59. The zero-order valence-electron chi connectivity index (χ0n) is 48.6. The number of carbonyl (C=O) groups excluding carboxylic acids is 4. The van der Waals surface area contributed by atoms with Gasteiger partial charge in [0.1, 0.15) is 34.5 Å². The van der Waals surface area contributed by atoms with Crippen LogP contribution in [0, 0.1) is 51.8 Å². The minimum Gasteiger partial charge on any atom is -0.458 e. The van der Waals surface area contributed by atoms with Gasteiger partial charge in [-0.15, -0.1) is 0 Å². The van der Waals surface area contributed by atoms with Gasteiger partial charge in [0.05, 0.1) is 5.70 Å².